The van der Waals surface area contributed by atoms with Gasteiger partial charge in [-0.15, -0.1) is 0 Å². The first kappa shape index (κ1) is 21.2. The zero-order valence-corrected chi connectivity index (χ0v) is 16.0. The molecule has 1 aliphatic rings. The topological polar surface area (TPSA) is 32.8 Å². The van der Waals surface area contributed by atoms with Crippen LogP contribution < -0.4 is 4.90 Å². The van der Waals surface area contributed by atoms with E-state index in [4.69, 9.17) is 4.52 Å². The van der Waals surface area contributed by atoms with Crippen molar-refractivity contribution in [2.45, 2.75) is 34.6 Å². The predicted molar refractivity (Wildman–Crippen MR) is 98.1 cm³/mol. The van der Waals surface area contributed by atoms with Crippen molar-refractivity contribution >= 4 is 13.2 Å². The number of anilines is 1. The first-order valence-corrected chi connectivity index (χ1v) is 10.4. The van der Waals surface area contributed by atoms with Crippen molar-refractivity contribution in [1.29, 1.82) is 0 Å². The van der Waals surface area contributed by atoms with Crippen molar-refractivity contribution < 1.29 is 9.09 Å². The average molecular weight is 328 g/mol. The summed E-state index contributed by atoms with van der Waals surface area (Å²) < 4.78 is 19.7. The second kappa shape index (κ2) is 11.7. The summed E-state index contributed by atoms with van der Waals surface area (Å²) in [6.07, 6.45) is 0. The third-order valence-electron chi connectivity index (χ3n) is 3.26. The maximum atomic E-state index is 12.3. The van der Waals surface area contributed by atoms with Crippen molar-refractivity contribution in [2.75, 3.05) is 44.4 Å². The van der Waals surface area contributed by atoms with Crippen LogP contribution in [0.15, 0.2) is 30.3 Å². The molecular weight excluding hydrogens is 295 g/mol. The van der Waals surface area contributed by atoms with Crippen LogP contribution in [-0.2, 0) is 9.09 Å². The summed E-state index contributed by atoms with van der Waals surface area (Å²) in [5, 5.41) is 0. The van der Waals surface area contributed by atoms with Crippen LogP contribution in [0.3, 0.4) is 0 Å². The fourth-order valence-corrected chi connectivity index (χ4v) is 3.83. The minimum Gasteiger partial charge on any atom is -0.369 e. The molecule has 0 amide bonds. The van der Waals surface area contributed by atoms with E-state index in [0.717, 1.165) is 26.2 Å². The SMILES string of the molecule is CC.CC.CCOP(C)(=O)N1CCN(c2ccccc2)CC1. The molecule has 2 rings (SSSR count). The first-order chi connectivity index (χ1) is 10.6. The lowest BCUT2D eigenvalue weighted by molar-refractivity contribution is 0.268. The van der Waals surface area contributed by atoms with Crippen LogP contribution in [0.4, 0.5) is 5.69 Å². The molecule has 1 aromatic rings. The molecule has 4 nitrogen and oxygen atoms in total. The Hall–Kier alpha value is -0.830. The van der Waals surface area contributed by atoms with Crippen LogP contribution in [0.2, 0.25) is 0 Å². The van der Waals surface area contributed by atoms with Gasteiger partial charge >= 0.3 is 0 Å². The highest BCUT2D eigenvalue weighted by molar-refractivity contribution is 7.55. The maximum Gasteiger partial charge on any atom is 0.269 e. The largest absolute Gasteiger partial charge is 0.369 e. The summed E-state index contributed by atoms with van der Waals surface area (Å²) >= 11 is 0. The maximum absolute atomic E-state index is 12.3. The molecule has 128 valence electrons. The molecule has 0 bridgehead atoms. The number of nitrogens with zero attached hydrogens (tertiary/aromatic N) is 2. The van der Waals surface area contributed by atoms with Crippen molar-refractivity contribution in [3.05, 3.63) is 30.3 Å². The number of hydrogen-bond donors (Lipinski definition) is 0. The number of piperazine rings is 1. The van der Waals surface area contributed by atoms with Crippen molar-refractivity contribution in [2.24, 2.45) is 0 Å². The van der Waals surface area contributed by atoms with E-state index in [1.165, 1.54) is 5.69 Å². The smallest absolute Gasteiger partial charge is 0.269 e. The first-order valence-electron chi connectivity index (χ1n) is 8.41. The zero-order chi connectivity index (χ0) is 17.0. The molecule has 0 spiro atoms. The molecule has 0 aromatic heterocycles. The third-order valence-corrected chi connectivity index (χ3v) is 5.42. The number of hydrogen-bond acceptors (Lipinski definition) is 3. The molecule has 0 aliphatic carbocycles. The fourth-order valence-electron chi connectivity index (χ4n) is 2.28. The molecule has 0 radical (unpaired) electrons. The summed E-state index contributed by atoms with van der Waals surface area (Å²) in [5.74, 6) is 0. The van der Waals surface area contributed by atoms with Gasteiger partial charge in [0.25, 0.3) is 7.52 Å². The predicted octanol–water partition coefficient (Wildman–Crippen LogP) is 4.72. The van der Waals surface area contributed by atoms with E-state index in [1.807, 2.05) is 57.5 Å². The summed E-state index contributed by atoms with van der Waals surface area (Å²) in [7, 11) is -2.58. The fraction of sp³-hybridized carbons (Fsp3) is 0.647. The van der Waals surface area contributed by atoms with Crippen molar-refractivity contribution in [3.63, 3.8) is 0 Å². The van der Waals surface area contributed by atoms with Gasteiger partial charge in [-0.1, -0.05) is 45.9 Å². The van der Waals surface area contributed by atoms with Gasteiger partial charge < -0.3 is 9.42 Å². The monoisotopic (exact) mass is 328 g/mol. The van der Waals surface area contributed by atoms with Crippen LogP contribution in [0.5, 0.6) is 0 Å². The van der Waals surface area contributed by atoms with Gasteiger partial charge in [0.2, 0.25) is 0 Å². The molecule has 1 heterocycles. The lowest BCUT2D eigenvalue weighted by Crippen LogP contribution is -2.44. The average Bonchev–Trinajstić information content (AvgIpc) is 2.59. The summed E-state index contributed by atoms with van der Waals surface area (Å²) in [6, 6.07) is 10.3. The second-order valence-electron chi connectivity index (χ2n) is 4.50. The number of benzene rings is 1. The van der Waals surface area contributed by atoms with E-state index in [2.05, 4.69) is 17.0 Å². The van der Waals surface area contributed by atoms with Gasteiger partial charge in [0.1, 0.15) is 0 Å². The molecule has 0 N–H and O–H groups in total. The van der Waals surface area contributed by atoms with E-state index < -0.39 is 7.52 Å². The van der Waals surface area contributed by atoms with Gasteiger partial charge in [-0.3, -0.25) is 4.57 Å². The summed E-state index contributed by atoms with van der Waals surface area (Å²) in [4.78, 5) is 2.32. The van der Waals surface area contributed by atoms with E-state index in [-0.39, 0.29) is 0 Å². The van der Waals surface area contributed by atoms with Crippen LogP contribution in [-0.4, -0.2) is 44.1 Å². The molecule has 1 fully saturated rings. The molecule has 1 saturated heterocycles. The number of para-hydroxylation sites is 1. The normalized spacial score (nSPS) is 17.5. The minimum absolute atomic E-state index is 0.507. The molecule has 5 heteroatoms. The quantitative estimate of drug-likeness (QED) is 0.749. The Balaban J connectivity index is 0.00000102. The van der Waals surface area contributed by atoms with Crippen LogP contribution in [0, 0.1) is 0 Å². The molecule has 0 saturated carbocycles. The highest BCUT2D eigenvalue weighted by Gasteiger charge is 2.29. The van der Waals surface area contributed by atoms with E-state index in [1.54, 1.807) is 6.66 Å². The van der Waals surface area contributed by atoms with Crippen LogP contribution >= 0.6 is 7.52 Å². The lowest BCUT2D eigenvalue weighted by Gasteiger charge is -2.38. The molecule has 1 atom stereocenters. The Bertz CT molecular complexity index is 418. The second-order valence-corrected chi connectivity index (χ2v) is 6.93. The van der Waals surface area contributed by atoms with Gasteiger partial charge in [-0.25, -0.2) is 4.67 Å². The Morgan fingerprint density at radius 1 is 1.00 bits per heavy atom. The minimum atomic E-state index is -2.58. The molecule has 1 unspecified atom stereocenters. The molecule has 1 aromatic carbocycles. The molecular formula is C17H33N2O2P. The van der Waals surface area contributed by atoms with Crippen LogP contribution in [0.1, 0.15) is 34.6 Å². The lowest BCUT2D eigenvalue weighted by atomic mass is 10.2. The van der Waals surface area contributed by atoms with E-state index >= 15 is 0 Å². The van der Waals surface area contributed by atoms with Gasteiger partial charge in [-0.05, 0) is 19.1 Å². The summed E-state index contributed by atoms with van der Waals surface area (Å²) in [6.45, 7) is 15.5. The van der Waals surface area contributed by atoms with Crippen molar-refractivity contribution in [3.8, 4) is 0 Å². The Morgan fingerprint density at radius 2 is 1.50 bits per heavy atom. The van der Waals surface area contributed by atoms with Crippen LogP contribution in [0.25, 0.3) is 0 Å². The van der Waals surface area contributed by atoms with E-state index in [0.29, 0.717) is 6.61 Å². The highest BCUT2D eigenvalue weighted by atomic mass is 31.2. The Kier molecular flexibility index (Phi) is 11.3. The highest BCUT2D eigenvalue weighted by Crippen LogP contribution is 2.47. The van der Waals surface area contributed by atoms with Crippen molar-refractivity contribution in [1.82, 2.24) is 4.67 Å². The Morgan fingerprint density at radius 3 is 1.95 bits per heavy atom. The third kappa shape index (κ3) is 6.51. The van der Waals surface area contributed by atoms with Gasteiger partial charge in [0.15, 0.2) is 0 Å². The van der Waals surface area contributed by atoms with E-state index in [9.17, 15) is 4.57 Å². The summed E-state index contributed by atoms with van der Waals surface area (Å²) in [5.41, 5.74) is 1.24. The molecule has 1 aliphatic heterocycles. The van der Waals surface area contributed by atoms with Gasteiger partial charge in [0.05, 0.1) is 6.61 Å². The standard InChI is InChI=1S/C13H21N2O2P.2C2H6/c1-3-17-18(2,16)15-11-9-14(10-12-15)13-7-5-4-6-8-13;2*1-2/h4-8H,3,9-12H2,1-2H3;2*1-2H3. The Labute approximate surface area is 137 Å². The molecule has 22 heavy (non-hydrogen) atoms. The van der Waals surface area contributed by atoms with Gasteiger partial charge in [-0.2, -0.15) is 0 Å². The van der Waals surface area contributed by atoms with Gasteiger partial charge in [0, 0.05) is 38.5 Å². The zero-order valence-electron chi connectivity index (χ0n) is 15.1. The number of rotatable bonds is 4.